The van der Waals surface area contributed by atoms with Crippen LogP contribution in [0, 0.1) is 0 Å². The smallest absolute Gasteiger partial charge is 0.0714 e. The van der Waals surface area contributed by atoms with E-state index in [2.05, 4.69) is 33.3 Å². The van der Waals surface area contributed by atoms with Gasteiger partial charge in [-0.2, -0.15) is 5.10 Å². The van der Waals surface area contributed by atoms with E-state index in [0.717, 1.165) is 30.4 Å². The van der Waals surface area contributed by atoms with Crippen LogP contribution in [-0.2, 0) is 11.3 Å². The Kier molecular flexibility index (Phi) is 3.50. The lowest BCUT2D eigenvalue weighted by Gasteiger charge is -2.22. The van der Waals surface area contributed by atoms with Crippen molar-refractivity contribution in [1.29, 1.82) is 0 Å². The highest BCUT2D eigenvalue weighted by molar-refractivity contribution is 5.78. The van der Waals surface area contributed by atoms with Crippen LogP contribution in [0.3, 0.4) is 0 Å². The summed E-state index contributed by atoms with van der Waals surface area (Å²) < 4.78 is 5.40. The third kappa shape index (κ3) is 2.49. The zero-order valence-corrected chi connectivity index (χ0v) is 11.0. The molecule has 0 spiro atoms. The average Bonchev–Trinajstić information content (AvgIpc) is 3.04. The summed E-state index contributed by atoms with van der Waals surface area (Å²) in [7, 11) is 1.74. The molecule has 0 aliphatic carbocycles. The van der Waals surface area contributed by atoms with Crippen LogP contribution in [0.25, 0.3) is 10.9 Å². The highest BCUT2D eigenvalue weighted by atomic mass is 16.5. The number of hydrogen-bond acceptors (Lipinski definition) is 4. The summed E-state index contributed by atoms with van der Waals surface area (Å²) in [6.07, 6.45) is 2.96. The molecule has 5 heteroatoms. The first-order valence-electron chi connectivity index (χ1n) is 6.60. The molecule has 0 bridgehead atoms. The van der Waals surface area contributed by atoms with Gasteiger partial charge in [0.2, 0.25) is 0 Å². The largest absolute Gasteiger partial charge is 0.395 e. The number of methoxy groups -OCH3 is 1. The Labute approximate surface area is 112 Å². The molecule has 0 amide bonds. The number of rotatable bonds is 4. The van der Waals surface area contributed by atoms with Gasteiger partial charge in [-0.05, 0) is 18.1 Å². The van der Waals surface area contributed by atoms with Crippen LogP contribution in [0.1, 0.15) is 12.0 Å². The van der Waals surface area contributed by atoms with Crippen LogP contribution in [0.2, 0.25) is 0 Å². The Hall–Kier alpha value is -1.43. The van der Waals surface area contributed by atoms with Gasteiger partial charge < -0.3 is 9.84 Å². The molecule has 2 N–H and O–H groups in total. The lowest BCUT2D eigenvalue weighted by atomic mass is 10.1. The number of aromatic nitrogens is 2. The number of aromatic amines is 1. The molecule has 19 heavy (non-hydrogen) atoms. The first-order valence-corrected chi connectivity index (χ1v) is 6.60. The minimum absolute atomic E-state index is 0.187. The number of fused-ring (bicyclic) bond motifs is 1. The lowest BCUT2D eigenvalue weighted by Crippen LogP contribution is -2.31. The van der Waals surface area contributed by atoms with Crippen molar-refractivity contribution in [2.45, 2.75) is 25.1 Å². The summed E-state index contributed by atoms with van der Waals surface area (Å²) in [6, 6.07) is 6.51. The molecule has 1 fully saturated rings. The van der Waals surface area contributed by atoms with E-state index in [9.17, 15) is 5.11 Å². The molecule has 2 heterocycles. The SMILES string of the molecule is CO[C@H]1C[C@@H](CO)N(Cc2ccc3cn[nH]c3c2)C1. The third-order valence-corrected chi connectivity index (χ3v) is 3.93. The molecule has 102 valence electrons. The summed E-state index contributed by atoms with van der Waals surface area (Å²) in [5.74, 6) is 0. The molecule has 5 nitrogen and oxygen atoms in total. The van der Waals surface area contributed by atoms with Gasteiger partial charge in [0, 0.05) is 31.6 Å². The normalized spacial score (nSPS) is 24.3. The van der Waals surface area contributed by atoms with E-state index in [1.165, 1.54) is 5.56 Å². The van der Waals surface area contributed by atoms with E-state index in [0.29, 0.717) is 0 Å². The van der Waals surface area contributed by atoms with Crippen molar-refractivity contribution in [3.63, 3.8) is 0 Å². The molecule has 2 atom stereocenters. The number of nitrogens with zero attached hydrogens (tertiary/aromatic N) is 2. The minimum Gasteiger partial charge on any atom is -0.395 e. The Morgan fingerprint density at radius 1 is 1.53 bits per heavy atom. The second-order valence-electron chi connectivity index (χ2n) is 5.15. The number of aliphatic hydroxyl groups excluding tert-OH is 1. The Morgan fingerprint density at radius 2 is 2.42 bits per heavy atom. The molecule has 2 aromatic rings. The van der Waals surface area contributed by atoms with Crippen molar-refractivity contribution in [2.24, 2.45) is 0 Å². The van der Waals surface area contributed by atoms with Crippen LogP contribution in [0.4, 0.5) is 0 Å². The van der Waals surface area contributed by atoms with Crippen LogP contribution in [-0.4, -0.2) is 52.6 Å². The van der Waals surface area contributed by atoms with Gasteiger partial charge in [0.1, 0.15) is 0 Å². The summed E-state index contributed by atoms with van der Waals surface area (Å²) in [4.78, 5) is 2.28. The summed E-state index contributed by atoms with van der Waals surface area (Å²) in [5, 5.41) is 17.6. The van der Waals surface area contributed by atoms with Crippen LogP contribution in [0.5, 0.6) is 0 Å². The predicted molar refractivity (Wildman–Crippen MR) is 72.8 cm³/mol. The van der Waals surface area contributed by atoms with Gasteiger partial charge in [-0.1, -0.05) is 12.1 Å². The highest BCUT2D eigenvalue weighted by Crippen LogP contribution is 2.23. The molecule has 1 aromatic heterocycles. The van der Waals surface area contributed by atoms with Gasteiger partial charge in [-0.15, -0.1) is 0 Å². The number of benzene rings is 1. The van der Waals surface area contributed by atoms with Gasteiger partial charge in [0.05, 0.1) is 24.4 Å². The van der Waals surface area contributed by atoms with E-state index in [1.807, 2.05) is 6.20 Å². The van der Waals surface area contributed by atoms with E-state index in [-0.39, 0.29) is 18.8 Å². The van der Waals surface area contributed by atoms with Crippen molar-refractivity contribution in [1.82, 2.24) is 15.1 Å². The minimum atomic E-state index is 0.187. The maximum atomic E-state index is 9.45. The summed E-state index contributed by atoms with van der Waals surface area (Å²) in [5.41, 5.74) is 2.28. The molecule has 1 aromatic carbocycles. The molecule has 0 unspecified atom stereocenters. The quantitative estimate of drug-likeness (QED) is 0.866. The van der Waals surface area contributed by atoms with E-state index < -0.39 is 0 Å². The van der Waals surface area contributed by atoms with Crippen LogP contribution >= 0.6 is 0 Å². The highest BCUT2D eigenvalue weighted by Gasteiger charge is 2.31. The standard InChI is InChI=1S/C14H19N3O2/c1-19-13-5-12(9-18)17(8-13)7-10-2-3-11-6-15-16-14(11)4-10/h2-4,6,12-13,18H,5,7-9H2,1H3,(H,15,16)/t12-,13-/m0/s1. The van der Waals surface area contributed by atoms with Crippen molar-refractivity contribution >= 4 is 10.9 Å². The first-order chi connectivity index (χ1) is 9.30. The molecule has 3 rings (SSSR count). The molecule has 1 saturated heterocycles. The molecule has 1 aliphatic heterocycles. The topological polar surface area (TPSA) is 61.4 Å². The van der Waals surface area contributed by atoms with Gasteiger partial charge in [0.15, 0.2) is 0 Å². The van der Waals surface area contributed by atoms with E-state index >= 15 is 0 Å². The fourth-order valence-corrected chi connectivity index (χ4v) is 2.81. The van der Waals surface area contributed by atoms with Gasteiger partial charge >= 0.3 is 0 Å². The van der Waals surface area contributed by atoms with Crippen molar-refractivity contribution in [2.75, 3.05) is 20.3 Å². The third-order valence-electron chi connectivity index (χ3n) is 3.93. The number of H-pyrrole nitrogens is 1. The molecular weight excluding hydrogens is 242 g/mol. The first kappa shape index (κ1) is 12.6. The Balaban J connectivity index is 1.76. The van der Waals surface area contributed by atoms with Crippen LogP contribution < -0.4 is 0 Å². The molecule has 1 aliphatic rings. The second-order valence-corrected chi connectivity index (χ2v) is 5.15. The van der Waals surface area contributed by atoms with E-state index in [1.54, 1.807) is 7.11 Å². The number of aliphatic hydroxyl groups is 1. The lowest BCUT2D eigenvalue weighted by molar-refractivity contribution is 0.107. The van der Waals surface area contributed by atoms with Gasteiger partial charge in [-0.25, -0.2) is 0 Å². The maximum Gasteiger partial charge on any atom is 0.0714 e. The zero-order chi connectivity index (χ0) is 13.2. The van der Waals surface area contributed by atoms with Crippen molar-refractivity contribution in [3.8, 4) is 0 Å². The van der Waals surface area contributed by atoms with E-state index in [4.69, 9.17) is 4.74 Å². The van der Waals surface area contributed by atoms with Gasteiger partial charge in [0.25, 0.3) is 0 Å². The average molecular weight is 261 g/mol. The number of nitrogens with one attached hydrogen (secondary N) is 1. The number of ether oxygens (including phenoxy) is 1. The number of hydrogen-bond donors (Lipinski definition) is 2. The molecule has 0 saturated carbocycles. The second kappa shape index (κ2) is 5.28. The fraction of sp³-hybridized carbons (Fsp3) is 0.500. The van der Waals surface area contributed by atoms with Crippen molar-refractivity contribution in [3.05, 3.63) is 30.0 Å². The van der Waals surface area contributed by atoms with Crippen LogP contribution in [0.15, 0.2) is 24.4 Å². The molecular formula is C14H19N3O2. The monoisotopic (exact) mass is 261 g/mol. The Morgan fingerprint density at radius 3 is 3.21 bits per heavy atom. The molecule has 0 radical (unpaired) electrons. The fourth-order valence-electron chi connectivity index (χ4n) is 2.81. The van der Waals surface area contributed by atoms with Crippen molar-refractivity contribution < 1.29 is 9.84 Å². The maximum absolute atomic E-state index is 9.45. The zero-order valence-electron chi connectivity index (χ0n) is 11.0. The van der Waals surface area contributed by atoms with Gasteiger partial charge in [-0.3, -0.25) is 10.00 Å². The number of likely N-dealkylation sites (tertiary alicyclic amines) is 1. The predicted octanol–water partition coefficient (Wildman–Crippen LogP) is 1.14. The Bertz CT molecular complexity index is 554. The summed E-state index contributed by atoms with van der Waals surface area (Å²) in [6.45, 7) is 1.90. The summed E-state index contributed by atoms with van der Waals surface area (Å²) >= 11 is 0.